The molecule has 0 atom stereocenters. The quantitative estimate of drug-likeness (QED) is 0.243. The minimum Gasteiger partial charge on any atom is -0.493 e. The Labute approximate surface area is 201 Å². The predicted octanol–water partition coefficient (Wildman–Crippen LogP) is 6.12. The van der Waals surface area contributed by atoms with Gasteiger partial charge in [0, 0.05) is 35.2 Å². The van der Waals surface area contributed by atoms with Crippen LogP contribution in [0.5, 0.6) is 5.75 Å². The largest absolute Gasteiger partial charge is 0.493 e. The third kappa shape index (κ3) is 5.15. The highest BCUT2D eigenvalue weighted by atomic mass is 16.5. The molecule has 0 saturated heterocycles. The lowest BCUT2D eigenvalue weighted by molar-refractivity contribution is -0.116. The summed E-state index contributed by atoms with van der Waals surface area (Å²) in [6.45, 7) is 6.00. The molecule has 5 heteroatoms. The van der Waals surface area contributed by atoms with Gasteiger partial charge in [-0.15, -0.1) is 0 Å². The maximum atomic E-state index is 12.5. The number of nitrogens with zero attached hydrogens (tertiary/aromatic N) is 1. The zero-order valence-corrected chi connectivity index (χ0v) is 20.4. The molecule has 1 aromatic heterocycles. The number of furan rings is 1. The number of ether oxygens (including phenoxy) is 1. The first kappa shape index (κ1) is 23.6. The zero-order chi connectivity index (χ0) is 24.1. The average molecular weight is 457 g/mol. The molecule has 4 rings (SSSR count). The van der Waals surface area contributed by atoms with Crippen LogP contribution in [0, 0.1) is 0 Å². The van der Waals surface area contributed by atoms with E-state index >= 15 is 0 Å². The van der Waals surface area contributed by atoms with Gasteiger partial charge in [0.25, 0.3) is 0 Å². The number of carbonyl (C=O) groups excluding carboxylic acids is 1. The summed E-state index contributed by atoms with van der Waals surface area (Å²) in [5.74, 6) is 0.614. The normalized spacial score (nSPS) is 12.0. The molecule has 0 radical (unpaired) electrons. The Kier molecular flexibility index (Phi) is 7.33. The number of nitrogens with one attached hydrogen (secondary N) is 1. The summed E-state index contributed by atoms with van der Waals surface area (Å²) in [5.41, 5.74) is 4.64. The molecule has 0 spiro atoms. The molecule has 0 bridgehead atoms. The molecule has 5 nitrogen and oxygen atoms in total. The second-order valence-electron chi connectivity index (χ2n) is 8.73. The molecule has 0 saturated carbocycles. The van der Waals surface area contributed by atoms with Gasteiger partial charge in [-0.1, -0.05) is 42.5 Å². The van der Waals surface area contributed by atoms with Crippen LogP contribution in [-0.4, -0.2) is 44.6 Å². The van der Waals surface area contributed by atoms with Crippen LogP contribution in [0.1, 0.15) is 25.8 Å². The molecule has 0 aliphatic heterocycles. The highest BCUT2D eigenvalue weighted by Gasteiger charge is 2.16. The lowest BCUT2D eigenvalue weighted by Gasteiger charge is -2.12. The van der Waals surface area contributed by atoms with Crippen LogP contribution >= 0.6 is 0 Å². The predicted molar refractivity (Wildman–Crippen MR) is 140 cm³/mol. The molecule has 0 aliphatic rings. The van der Waals surface area contributed by atoms with Gasteiger partial charge >= 0.3 is 0 Å². The lowest BCUT2D eigenvalue weighted by atomic mass is 9.96. The van der Waals surface area contributed by atoms with Gasteiger partial charge in [0.1, 0.15) is 11.3 Å². The summed E-state index contributed by atoms with van der Waals surface area (Å²) >= 11 is 0. The Balaban J connectivity index is 1.71. The van der Waals surface area contributed by atoms with Gasteiger partial charge in [-0.25, -0.2) is 0 Å². The molecule has 176 valence electrons. The molecule has 0 fully saturated rings. The number of hydrogen-bond donors (Lipinski definition) is 1. The summed E-state index contributed by atoms with van der Waals surface area (Å²) in [4.78, 5) is 14.6. The number of hydrogen-bond acceptors (Lipinski definition) is 4. The van der Waals surface area contributed by atoms with Crippen molar-refractivity contribution in [2.75, 3.05) is 33.8 Å². The molecule has 1 amide bonds. The van der Waals surface area contributed by atoms with E-state index in [4.69, 9.17) is 9.15 Å². The Morgan fingerprint density at radius 1 is 1.06 bits per heavy atom. The van der Waals surface area contributed by atoms with E-state index in [2.05, 4.69) is 52.7 Å². The zero-order valence-electron chi connectivity index (χ0n) is 20.4. The van der Waals surface area contributed by atoms with Gasteiger partial charge < -0.3 is 19.4 Å². The van der Waals surface area contributed by atoms with E-state index in [0.29, 0.717) is 18.9 Å². The van der Waals surface area contributed by atoms with Crippen LogP contribution in [0.2, 0.25) is 0 Å². The fourth-order valence-corrected chi connectivity index (χ4v) is 4.24. The maximum Gasteiger partial charge on any atom is 0.244 e. The van der Waals surface area contributed by atoms with Crippen molar-refractivity contribution in [2.45, 2.75) is 20.3 Å². The summed E-state index contributed by atoms with van der Waals surface area (Å²) in [7, 11) is 4.05. The van der Waals surface area contributed by atoms with Crippen molar-refractivity contribution in [3.8, 4) is 16.9 Å². The Bertz CT molecular complexity index is 1330. The minimum atomic E-state index is -0.0970. The maximum absolute atomic E-state index is 12.5. The second-order valence-corrected chi connectivity index (χ2v) is 8.73. The van der Waals surface area contributed by atoms with Gasteiger partial charge in [0.2, 0.25) is 5.91 Å². The molecular formula is C29H32N2O3. The summed E-state index contributed by atoms with van der Waals surface area (Å²) in [6, 6.07) is 18.6. The van der Waals surface area contributed by atoms with Crippen LogP contribution in [-0.2, 0) is 4.79 Å². The van der Waals surface area contributed by atoms with E-state index in [1.807, 2.05) is 46.3 Å². The lowest BCUT2D eigenvalue weighted by Crippen LogP contribution is -2.25. The van der Waals surface area contributed by atoms with Crippen molar-refractivity contribution in [3.05, 3.63) is 72.5 Å². The van der Waals surface area contributed by atoms with Gasteiger partial charge in [-0.3, -0.25) is 4.79 Å². The van der Waals surface area contributed by atoms with Crippen molar-refractivity contribution in [2.24, 2.45) is 0 Å². The van der Waals surface area contributed by atoms with E-state index in [0.717, 1.165) is 46.2 Å². The highest BCUT2D eigenvalue weighted by molar-refractivity contribution is 6.06. The first-order chi connectivity index (χ1) is 16.5. The number of rotatable bonds is 9. The molecule has 3 aromatic carbocycles. The van der Waals surface area contributed by atoms with Crippen molar-refractivity contribution in [1.82, 2.24) is 10.2 Å². The molecular weight excluding hydrogens is 424 g/mol. The van der Waals surface area contributed by atoms with Crippen LogP contribution < -0.4 is 10.1 Å². The van der Waals surface area contributed by atoms with Crippen molar-refractivity contribution in [1.29, 1.82) is 0 Å². The SMILES string of the molecule is CCOc1cc2occ(-c3cccc4ccccc34)c2cc1/C(C)=C/C(=O)NCCCN(C)C. The smallest absolute Gasteiger partial charge is 0.244 e. The standard InChI is InChI=1S/C29H32N2O3/c1-5-33-27-18-28-25(17-24(27)20(2)16-29(32)30-14-9-15-31(3)4)26(19-34-28)23-13-8-11-21-10-6-7-12-22(21)23/h6-8,10-13,16-19H,5,9,14-15H2,1-4H3,(H,30,32)/b20-16+. The van der Waals surface area contributed by atoms with Crippen LogP contribution in [0.4, 0.5) is 0 Å². The minimum absolute atomic E-state index is 0.0970. The number of allylic oxidation sites excluding steroid dienone is 1. The summed E-state index contributed by atoms with van der Waals surface area (Å²) < 4.78 is 11.9. The van der Waals surface area contributed by atoms with E-state index < -0.39 is 0 Å². The summed E-state index contributed by atoms with van der Waals surface area (Å²) in [6.07, 6.45) is 4.37. The fraction of sp³-hybridized carbons (Fsp3) is 0.276. The van der Waals surface area contributed by atoms with E-state index in [1.165, 1.54) is 10.8 Å². The number of amides is 1. The van der Waals surface area contributed by atoms with E-state index in [-0.39, 0.29) is 5.91 Å². The Morgan fingerprint density at radius 2 is 1.85 bits per heavy atom. The third-order valence-electron chi connectivity index (χ3n) is 5.91. The molecule has 0 unspecified atom stereocenters. The van der Waals surface area contributed by atoms with E-state index in [9.17, 15) is 4.79 Å². The molecule has 34 heavy (non-hydrogen) atoms. The van der Waals surface area contributed by atoms with Gasteiger partial charge in [-0.05, 0) is 68.9 Å². The van der Waals surface area contributed by atoms with Crippen LogP contribution in [0.25, 0.3) is 38.4 Å². The first-order valence-corrected chi connectivity index (χ1v) is 11.8. The fourth-order valence-electron chi connectivity index (χ4n) is 4.24. The number of carbonyl (C=O) groups is 1. The number of fused-ring (bicyclic) bond motifs is 2. The van der Waals surface area contributed by atoms with Gasteiger partial charge in [-0.2, -0.15) is 0 Å². The average Bonchev–Trinajstić information content (AvgIpc) is 3.23. The monoisotopic (exact) mass is 456 g/mol. The first-order valence-electron chi connectivity index (χ1n) is 11.8. The second kappa shape index (κ2) is 10.6. The molecule has 1 heterocycles. The van der Waals surface area contributed by atoms with Crippen molar-refractivity contribution >= 4 is 33.2 Å². The van der Waals surface area contributed by atoms with Gasteiger partial charge in [0.05, 0.1) is 12.9 Å². The molecule has 4 aromatic rings. The van der Waals surface area contributed by atoms with Crippen LogP contribution in [0.3, 0.4) is 0 Å². The molecule has 1 N–H and O–H groups in total. The molecule has 0 aliphatic carbocycles. The Morgan fingerprint density at radius 3 is 2.65 bits per heavy atom. The topological polar surface area (TPSA) is 54.7 Å². The van der Waals surface area contributed by atoms with Crippen LogP contribution in [0.15, 0.2) is 71.4 Å². The number of benzene rings is 3. The van der Waals surface area contributed by atoms with Crippen molar-refractivity contribution in [3.63, 3.8) is 0 Å². The van der Waals surface area contributed by atoms with E-state index in [1.54, 1.807) is 6.08 Å². The van der Waals surface area contributed by atoms with Crippen molar-refractivity contribution < 1.29 is 13.9 Å². The third-order valence-corrected chi connectivity index (χ3v) is 5.91. The summed E-state index contributed by atoms with van der Waals surface area (Å²) in [5, 5.41) is 6.33. The highest BCUT2D eigenvalue weighted by Crippen LogP contribution is 2.39. The Hall–Kier alpha value is -3.57. The van der Waals surface area contributed by atoms with Gasteiger partial charge in [0.15, 0.2) is 0 Å².